The Hall–Kier alpha value is -1.80. The molecule has 3 aromatic rings. The summed E-state index contributed by atoms with van der Waals surface area (Å²) >= 11 is 0. The van der Waals surface area contributed by atoms with Crippen LogP contribution in [0.2, 0.25) is 0 Å². The Labute approximate surface area is 132 Å². The number of benzene rings is 2. The molecule has 0 atom stereocenters. The third-order valence-corrected chi connectivity index (χ3v) is 3.67. The van der Waals surface area contributed by atoms with Gasteiger partial charge in [0.05, 0.1) is 11.0 Å². The normalized spacial score (nSPS) is 10.5. The molecule has 0 spiro atoms. The minimum atomic E-state index is 0. The highest BCUT2D eigenvalue weighted by atomic mass is 35.5. The van der Waals surface area contributed by atoms with E-state index in [4.69, 9.17) is 4.98 Å². The van der Waals surface area contributed by atoms with E-state index in [0.717, 1.165) is 31.3 Å². The number of halogens is 1. The molecule has 0 saturated carbocycles. The lowest BCUT2D eigenvalue weighted by Crippen LogP contribution is -2.06. The molecular formula is C18H21ClN2. The van der Waals surface area contributed by atoms with Gasteiger partial charge in [-0.1, -0.05) is 49.4 Å². The maximum atomic E-state index is 4.78. The summed E-state index contributed by atoms with van der Waals surface area (Å²) in [6.45, 7) is 3.21. The van der Waals surface area contributed by atoms with Crippen molar-refractivity contribution in [1.29, 1.82) is 0 Å². The van der Waals surface area contributed by atoms with E-state index >= 15 is 0 Å². The molecule has 2 nitrogen and oxygen atoms in total. The summed E-state index contributed by atoms with van der Waals surface area (Å²) in [5.41, 5.74) is 3.75. The van der Waals surface area contributed by atoms with Gasteiger partial charge in [0.1, 0.15) is 5.82 Å². The number of hydrogen-bond donors (Lipinski definition) is 0. The number of imidazole rings is 1. The van der Waals surface area contributed by atoms with E-state index in [1.165, 1.54) is 16.9 Å². The zero-order valence-corrected chi connectivity index (χ0v) is 13.1. The second kappa shape index (κ2) is 7.28. The van der Waals surface area contributed by atoms with Crippen molar-refractivity contribution in [1.82, 2.24) is 9.55 Å². The monoisotopic (exact) mass is 300 g/mol. The maximum absolute atomic E-state index is 4.78. The first-order valence-electron chi connectivity index (χ1n) is 7.36. The second-order valence-corrected chi connectivity index (χ2v) is 5.15. The van der Waals surface area contributed by atoms with Gasteiger partial charge in [-0.15, -0.1) is 12.4 Å². The Morgan fingerprint density at radius 1 is 0.905 bits per heavy atom. The first-order chi connectivity index (χ1) is 9.88. The number of rotatable bonds is 5. The van der Waals surface area contributed by atoms with Gasteiger partial charge in [0, 0.05) is 13.0 Å². The van der Waals surface area contributed by atoms with Gasteiger partial charge in [0.25, 0.3) is 0 Å². The molecule has 1 aromatic heterocycles. The largest absolute Gasteiger partial charge is 0.328 e. The van der Waals surface area contributed by atoms with E-state index in [9.17, 15) is 0 Å². The Bertz CT molecular complexity index is 689. The van der Waals surface area contributed by atoms with Crippen molar-refractivity contribution in [3.63, 3.8) is 0 Å². The Morgan fingerprint density at radius 3 is 2.38 bits per heavy atom. The quantitative estimate of drug-likeness (QED) is 0.670. The summed E-state index contributed by atoms with van der Waals surface area (Å²) in [7, 11) is 0. The minimum absolute atomic E-state index is 0. The fourth-order valence-electron chi connectivity index (χ4n) is 2.67. The van der Waals surface area contributed by atoms with Crippen molar-refractivity contribution >= 4 is 23.4 Å². The average molecular weight is 301 g/mol. The summed E-state index contributed by atoms with van der Waals surface area (Å²) in [4.78, 5) is 4.78. The molecule has 0 amide bonds. The van der Waals surface area contributed by atoms with Crippen molar-refractivity contribution in [2.24, 2.45) is 0 Å². The van der Waals surface area contributed by atoms with Crippen LogP contribution in [0.1, 0.15) is 24.7 Å². The van der Waals surface area contributed by atoms with Crippen LogP contribution >= 0.6 is 12.4 Å². The van der Waals surface area contributed by atoms with Crippen LogP contribution in [0.3, 0.4) is 0 Å². The van der Waals surface area contributed by atoms with E-state index in [1.54, 1.807) is 0 Å². The number of fused-ring (bicyclic) bond motifs is 1. The molecule has 0 unspecified atom stereocenters. The molecule has 0 aliphatic carbocycles. The zero-order chi connectivity index (χ0) is 13.8. The van der Waals surface area contributed by atoms with E-state index in [1.807, 2.05) is 0 Å². The molecule has 110 valence electrons. The molecule has 3 heteroatoms. The maximum Gasteiger partial charge on any atom is 0.109 e. The summed E-state index contributed by atoms with van der Waals surface area (Å²) in [5, 5.41) is 0. The van der Waals surface area contributed by atoms with E-state index < -0.39 is 0 Å². The predicted octanol–water partition coefficient (Wildman–Crippen LogP) is 4.65. The lowest BCUT2D eigenvalue weighted by atomic mass is 10.1. The van der Waals surface area contributed by atoms with Crippen molar-refractivity contribution in [2.75, 3.05) is 0 Å². The van der Waals surface area contributed by atoms with E-state index in [2.05, 4.69) is 66.1 Å². The van der Waals surface area contributed by atoms with Crippen molar-refractivity contribution in [3.05, 3.63) is 66.0 Å². The van der Waals surface area contributed by atoms with Gasteiger partial charge in [-0.3, -0.25) is 0 Å². The van der Waals surface area contributed by atoms with Crippen molar-refractivity contribution < 1.29 is 0 Å². The lowest BCUT2D eigenvalue weighted by Gasteiger charge is -2.08. The average Bonchev–Trinajstić information content (AvgIpc) is 2.84. The fraction of sp³-hybridized carbons (Fsp3) is 0.278. The molecule has 0 N–H and O–H groups in total. The molecule has 0 aliphatic rings. The molecule has 0 bridgehead atoms. The summed E-state index contributed by atoms with van der Waals surface area (Å²) in [6, 6.07) is 19.1. The van der Waals surface area contributed by atoms with Crippen LogP contribution in [0.15, 0.2) is 54.6 Å². The molecule has 1 heterocycles. The van der Waals surface area contributed by atoms with Crippen LogP contribution in [-0.4, -0.2) is 9.55 Å². The first-order valence-corrected chi connectivity index (χ1v) is 7.36. The van der Waals surface area contributed by atoms with Crippen LogP contribution < -0.4 is 0 Å². The first kappa shape index (κ1) is 15.6. The Morgan fingerprint density at radius 2 is 1.62 bits per heavy atom. The fourth-order valence-corrected chi connectivity index (χ4v) is 2.67. The van der Waals surface area contributed by atoms with Crippen LogP contribution in [0.4, 0.5) is 0 Å². The third kappa shape index (κ3) is 3.45. The van der Waals surface area contributed by atoms with Gasteiger partial charge in [-0.2, -0.15) is 0 Å². The Balaban J connectivity index is 0.00000161. The van der Waals surface area contributed by atoms with Gasteiger partial charge in [-0.25, -0.2) is 4.98 Å². The van der Waals surface area contributed by atoms with E-state index in [-0.39, 0.29) is 12.4 Å². The molecule has 0 aliphatic heterocycles. The summed E-state index contributed by atoms with van der Waals surface area (Å²) in [5.74, 6) is 1.21. The molecule has 0 fully saturated rings. The topological polar surface area (TPSA) is 17.8 Å². The highest BCUT2D eigenvalue weighted by Crippen LogP contribution is 2.18. The smallest absolute Gasteiger partial charge is 0.109 e. The number of para-hydroxylation sites is 2. The second-order valence-electron chi connectivity index (χ2n) is 5.15. The summed E-state index contributed by atoms with van der Waals surface area (Å²) in [6.07, 6.45) is 3.23. The van der Waals surface area contributed by atoms with Crippen LogP contribution in [0.5, 0.6) is 0 Å². The van der Waals surface area contributed by atoms with Gasteiger partial charge in [-0.05, 0) is 30.5 Å². The number of nitrogens with zero attached hydrogens (tertiary/aromatic N) is 2. The molecule has 2 aromatic carbocycles. The minimum Gasteiger partial charge on any atom is -0.328 e. The van der Waals surface area contributed by atoms with Crippen molar-refractivity contribution in [3.8, 4) is 0 Å². The highest BCUT2D eigenvalue weighted by Gasteiger charge is 2.09. The van der Waals surface area contributed by atoms with Crippen LogP contribution in [0, 0.1) is 0 Å². The van der Waals surface area contributed by atoms with Crippen LogP contribution in [-0.2, 0) is 19.4 Å². The zero-order valence-electron chi connectivity index (χ0n) is 12.3. The van der Waals surface area contributed by atoms with Gasteiger partial charge in [0.2, 0.25) is 0 Å². The molecular weight excluding hydrogens is 280 g/mol. The lowest BCUT2D eigenvalue weighted by molar-refractivity contribution is 0.659. The Kier molecular flexibility index (Phi) is 5.40. The summed E-state index contributed by atoms with van der Waals surface area (Å²) < 4.78 is 2.38. The highest BCUT2D eigenvalue weighted by molar-refractivity contribution is 5.85. The van der Waals surface area contributed by atoms with Crippen molar-refractivity contribution in [2.45, 2.75) is 32.7 Å². The van der Waals surface area contributed by atoms with Gasteiger partial charge in [0.15, 0.2) is 0 Å². The van der Waals surface area contributed by atoms with Crippen LogP contribution in [0.25, 0.3) is 11.0 Å². The number of aromatic nitrogens is 2. The van der Waals surface area contributed by atoms with E-state index in [0.29, 0.717) is 0 Å². The van der Waals surface area contributed by atoms with Gasteiger partial charge >= 0.3 is 0 Å². The SMILES string of the molecule is CCCc1nc2ccccc2n1CCc1ccccc1.Cl. The molecule has 21 heavy (non-hydrogen) atoms. The molecule has 0 saturated heterocycles. The van der Waals surface area contributed by atoms with Gasteiger partial charge < -0.3 is 4.57 Å². The molecule has 0 radical (unpaired) electrons. The number of aryl methyl sites for hydroxylation is 3. The predicted molar refractivity (Wildman–Crippen MR) is 91.1 cm³/mol. The number of hydrogen-bond acceptors (Lipinski definition) is 1. The molecule has 3 rings (SSSR count). The standard InChI is InChI=1S/C18H20N2.ClH/c1-2-8-18-19-16-11-6-7-12-17(16)20(18)14-13-15-9-4-3-5-10-15;/h3-7,9-12H,2,8,13-14H2,1H3;1H. The third-order valence-electron chi connectivity index (χ3n) is 3.67.